The number of hydrogen-bond acceptors (Lipinski definition) is 3. The summed E-state index contributed by atoms with van der Waals surface area (Å²) in [6.45, 7) is 1.17. The lowest BCUT2D eigenvalue weighted by Gasteiger charge is -2.34. The second-order valence-electron chi connectivity index (χ2n) is 5.15. The summed E-state index contributed by atoms with van der Waals surface area (Å²) in [6, 6.07) is 2.94. The van der Waals surface area contributed by atoms with Gasteiger partial charge in [-0.15, -0.1) is 0 Å². The maximum atomic E-state index is 12.8. The van der Waals surface area contributed by atoms with E-state index < -0.39 is 23.6 Å². The Labute approximate surface area is 138 Å². The molecule has 1 aromatic rings. The van der Waals surface area contributed by atoms with Gasteiger partial charge in [-0.25, -0.2) is 0 Å². The summed E-state index contributed by atoms with van der Waals surface area (Å²) in [5.74, 6) is -1.46. The molecule has 23 heavy (non-hydrogen) atoms. The Morgan fingerprint density at radius 1 is 1.17 bits per heavy atom. The minimum Gasteiger partial charge on any atom is -0.480 e. The number of aliphatic carboxylic acids is 1. The van der Waals surface area contributed by atoms with Crippen LogP contribution in [0.1, 0.15) is 15.9 Å². The Kier molecular flexibility index (Phi) is 5.30. The van der Waals surface area contributed by atoms with Crippen molar-refractivity contribution in [2.24, 2.45) is 0 Å². The van der Waals surface area contributed by atoms with E-state index in [4.69, 9.17) is 5.11 Å². The van der Waals surface area contributed by atoms with Gasteiger partial charge in [0.15, 0.2) is 0 Å². The monoisotopic (exact) mass is 394 g/mol. The van der Waals surface area contributed by atoms with Crippen molar-refractivity contribution in [2.75, 3.05) is 32.7 Å². The molecule has 1 amide bonds. The summed E-state index contributed by atoms with van der Waals surface area (Å²) in [4.78, 5) is 26.2. The first-order valence-corrected chi connectivity index (χ1v) is 7.58. The van der Waals surface area contributed by atoms with Crippen molar-refractivity contribution in [3.05, 3.63) is 33.8 Å². The van der Waals surface area contributed by atoms with Gasteiger partial charge in [0.2, 0.25) is 0 Å². The number of carbonyl (C=O) groups excluding carboxylic acids is 1. The van der Waals surface area contributed by atoms with Crippen LogP contribution in [0.15, 0.2) is 22.7 Å². The van der Waals surface area contributed by atoms with Crippen LogP contribution in [0.3, 0.4) is 0 Å². The lowest BCUT2D eigenvalue weighted by atomic mass is 10.1. The highest BCUT2D eigenvalue weighted by molar-refractivity contribution is 9.10. The third kappa shape index (κ3) is 4.44. The van der Waals surface area contributed by atoms with Gasteiger partial charge in [0.1, 0.15) is 0 Å². The zero-order valence-corrected chi connectivity index (χ0v) is 13.5. The third-order valence-electron chi connectivity index (χ3n) is 3.54. The molecule has 1 aromatic carbocycles. The molecule has 9 heteroatoms. The van der Waals surface area contributed by atoms with Crippen LogP contribution in [0, 0.1) is 0 Å². The molecule has 1 aliphatic heterocycles. The molecule has 1 saturated heterocycles. The smallest absolute Gasteiger partial charge is 0.416 e. The third-order valence-corrected chi connectivity index (χ3v) is 4.23. The number of halogens is 4. The number of carbonyl (C=O) groups is 2. The average molecular weight is 395 g/mol. The van der Waals surface area contributed by atoms with Gasteiger partial charge in [-0.3, -0.25) is 14.5 Å². The van der Waals surface area contributed by atoms with E-state index in [1.54, 1.807) is 4.90 Å². The van der Waals surface area contributed by atoms with Gasteiger partial charge in [-0.05, 0) is 34.1 Å². The van der Waals surface area contributed by atoms with E-state index in [1.807, 2.05) is 0 Å². The van der Waals surface area contributed by atoms with Crippen LogP contribution in [-0.2, 0) is 11.0 Å². The summed E-state index contributed by atoms with van der Waals surface area (Å²) in [5.41, 5.74) is -0.930. The van der Waals surface area contributed by atoms with Crippen molar-refractivity contribution in [2.45, 2.75) is 6.18 Å². The maximum Gasteiger partial charge on any atom is 0.416 e. The normalized spacial score (nSPS) is 16.4. The topological polar surface area (TPSA) is 60.9 Å². The number of benzene rings is 1. The van der Waals surface area contributed by atoms with Gasteiger partial charge in [-0.1, -0.05) is 0 Å². The van der Waals surface area contributed by atoms with Gasteiger partial charge < -0.3 is 10.0 Å². The summed E-state index contributed by atoms with van der Waals surface area (Å²) >= 11 is 3.11. The highest BCUT2D eigenvalue weighted by Crippen LogP contribution is 2.32. The molecule has 0 unspecified atom stereocenters. The number of rotatable bonds is 3. The Morgan fingerprint density at radius 3 is 2.30 bits per heavy atom. The SMILES string of the molecule is O=C(O)CN1CCN(C(=O)c2cc(C(F)(F)F)ccc2Br)CC1. The van der Waals surface area contributed by atoms with Crippen molar-refractivity contribution < 1.29 is 27.9 Å². The highest BCUT2D eigenvalue weighted by atomic mass is 79.9. The van der Waals surface area contributed by atoms with E-state index >= 15 is 0 Å². The van der Waals surface area contributed by atoms with Crippen molar-refractivity contribution in [3.63, 3.8) is 0 Å². The molecule has 0 bridgehead atoms. The van der Waals surface area contributed by atoms with E-state index in [-0.39, 0.29) is 25.2 Å². The molecule has 2 rings (SSSR count). The number of carboxylic acids is 1. The molecule has 1 heterocycles. The lowest BCUT2D eigenvalue weighted by Crippen LogP contribution is -2.50. The largest absolute Gasteiger partial charge is 0.480 e. The minimum absolute atomic E-state index is 0.0495. The Bertz CT molecular complexity index is 614. The lowest BCUT2D eigenvalue weighted by molar-refractivity contribution is -0.139. The second kappa shape index (κ2) is 6.88. The minimum atomic E-state index is -4.52. The molecule has 5 nitrogen and oxygen atoms in total. The standard InChI is InChI=1S/C14H14BrF3N2O3/c15-11-2-1-9(14(16,17)18)7-10(11)13(23)20-5-3-19(4-6-20)8-12(21)22/h1-2,7H,3-6,8H2,(H,21,22). The highest BCUT2D eigenvalue weighted by Gasteiger charge is 2.32. The molecule has 0 spiro atoms. The van der Waals surface area contributed by atoms with E-state index in [0.717, 1.165) is 12.1 Å². The van der Waals surface area contributed by atoms with Crippen molar-refractivity contribution >= 4 is 27.8 Å². The number of piperazine rings is 1. The Morgan fingerprint density at radius 2 is 1.78 bits per heavy atom. The molecule has 1 aliphatic rings. The van der Waals surface area contributed by atoms with E-state index in [1.165, 1.54) is 11.0 Å². The molecule has 1 N–H and O–H groups in total. The van der Waals surface area contributed by atoms with Crippen LogP contribution in [0.4, 0.5) is 13.2 Å². The molecule has 0 saturated carbocycles. The molecule has 0 radical (unpaired) electrons. The quantitative estimate of drug-likeness (QED) is 0.854. The fourth-order valence-electron chi connectivity index (χ4n) is 2.34. The number of amides is 1. The fourth-order valence-corrected chi connectivity index (χ4v) is 2.75. The van der Waals surface area contributed by atoms with Gasteiger partial charge in [0.05, 0.1) is 17.7 Å². The molecule has 1 fully saturated rings. The Balaban J connectivity index is 2.11. The summed E-state index contributed by atoms with van der Waals surface area (Å²) < 4.78 is 38.6. The molecule has 0 aromatic heterocycles. The molecule has 126 valence electrons. The van der Waals surface area contributed by atoms with Gasteiger partial charge in [0, 0.05) is 30.7 Å². The predicted octanol–water partition coefficient (Wildman–Crippen LogP) is 2.31. The van der Waals surface area contributed by atoms with Crippen LogP contribution in [0.2, 0.25) is 0 Å². The van der Waals surface area contributed by atoms with Gasteiger partial charge in [-0.2, -0.15) is 13.2 Å². The van der Waals surface area contributed by atoms with Crippen LogP contribution in [0.25, 0.3) is 0 Å². The van der Waals surface area contributed by atoms with Gasteiger partial charge in [0.25, 0.3) is 5.91 Å². The van der Waals surface area contributed by atoms with Crippen LogP contribution < -0.4 is 0 Å². The first kappa shape index (κ1) is 17.7. The number of alkyl halides is 3. The molecule has 0 atom stereocenters. The summed E-state index contributed by atoms with van der Waals surface area (Å²) in [7, 11) is 0. The van der Waals surface area contributed by atoms with E-state index in [2.05, 4.69) is 15.9 Å². The van der Waals surface area contributed by atoms with Crippen molar-refractivity contribution in [3.8, 4) is 0 Å². The van der Waals surface area contributed by atoms with Gasteiger partial charge >= 0.3 is 12.1 Å². The zero-order chi connectivity index (χ0) is 17.2. The molecular formula is C14H14BrF3N2O3. The van der Waals surface area contributed by atoms with E-state index in [0.29, 0.717) is 17.6 Å². The van der Waals surface area contributed by atoms with Crippen LogP contribution in [-0.4, -0.2) is 59.5 Å². The zero-order valence-electron chi connectivity index (χ0n) is 11.9. The molecular weight excluding hydrogens is 381 g/mol. The Hall–Kier alpha value is -1.61. The summed E-state index contributed by atoms with van der Waals surface area (Å²) in [5, 5.41) is 8.73. The number of nitrogens with zero attached hydrogens (tertiary/aromatic N) is 2. The maximum absolute atomic E-state index is 12.8. The summed E-state index contributed by atoms with van der Waals surface area (Å²) in [6.07, 6.45) is -4.52. The van der Waals surface area contributed by atoms with Crippen molar-refractivity contribution in [1.82, 2.24) is 9.80 Å². The average Bonchev–Trinajstić information content (AvgIpc) is 2.46. The first-order valence-electron chi connectivity index (χ1n) is 6.78. The number of carboxylic acid groups (broad SMARTS) is 1. The molecule has 0 aliphatic carbocycles. The first-order chi connectivity index (χ1) is 10.7. The van der Waals surface area contributed by atoms with Crippen molar-refractivity contribution in [1.29, 1.82) is 0 Å². The fraction of sp³-hybridized carbons (Fsp3) is 0.429. The number of hydrogen-bond donors (Lipinski definition) is 1. The second-order valence-corrected chi connectivity index (χ2v) is 6.01. The van der Waals surface area contributed by atoms with Crippen LogP contribution in [0.5, 0.6) is 0 Å². The predicted molar refractivity (Wildman–Crippen MR) is 79.1 cm³/mol. The van der Waals surface area contributed by atoms with E-state index in [9.17, 15) is 22.8 Å². The van der Waals surface area contributed by atoms with Crippen LogP contribution >= 0.6 is 15.9 Å².